The van der Waals surface area contributed by atoms with E-state index in [4.69, 9.17) is 4.42 Å². The minimum atomic E-state index is -0.366. The first-order valence-electron chi connectivity index (χ1n) is 7.71. The summed E-state index contributed by atoms with van der Waals surface area (Å²) in [6.45, 7) is 2.50. The van der Waals surface area contributed by atoms with E-state index in [1.807, 2.05) is 31.2 Å². The number of aryl methyl sites for hydroxylation is 1. The third kappa shape index (κ3) is 4.77. The van der Waals surface area contributed by atoms with E-state index in [9.17, 15) is 9.59 Å². The smallest absolute Gasteiger partial charge is 0.293 e. The highest BCUT2D eigenvalue weighted by atomic mass is 32.1. The van der Waals surface area contributed by atoms with E-state index < -0.39 is 0 Å². The molecular weight excluding hydrogens is 338 g/mol. The van der Waals surface area contributed by atoms with E-state index in [2.05, 4.69) is 15.6 Å². The molecular formula is C18H17N3O3S. The molecule has 6 nitrogen and oxygen atoms in total. The molecule has 25 heavy (non-hydrogen) atoms. The van der Waals surface area contributed by atoms with Crippen LogP contribution in [-0.2, 0) is 17.8 Å². The number of carbonyl (C=O) groups excluding carboxylic acids is 2. The SMILES string of the molecule is Cc1ccc(CNC(=O)Cc2csc(NC(=O)c3ccco3)n2)cc1. The lowest BCUT2D eigenvalue weighted by atomic mass is 10.1. The molecule has 0 unspecified atom stereocenters. The molecule has 0 aliphatic carbocycles. The van der Waals surface area contributed by atoms with E-state index >= 15 is 0 Å². The highest BCUT2D eigenvalue weighted by Gasteiger charge is 2.12. The van der Waals surface area contributed by atoms with Crippen LogP contribution in [0.1, 0.15) is 27.4 Å². The zero-order valence-corrected chi connectivity index (χ0v) is 14.4. The second-order valence-corrected chi connectivity index (χ2v) is 6.37. The fourth-order valence-electron chi connectivity index (χ4n) is 2.15. The fraction of sp³-hybridized carbons (Fsp3) is 0.167. The largest absolute Gasteiger partial charge is 0.459 e. The van der Waals surface area contributed by atoms with Gasteiger partial charge in [0.1, 0.15) is 0 Å². The molecule has 0 saturated heterocycles. The molecule has 0 aliphatic rings. The van der Waals surface area contributed by atoms with Crippen molar-refractivity contribution in [2.75, 3.05) is 5.32 Å². The van der Waals surface area contributed by atoms with Crippen LogP contribution in [0.2, 0.25) is 0 Å². The molecule has 0 atom stereocenters. The van der Waals surface area contributed by atoms with E-state index in [-0.39, 0.29) is 24.0 Å². The maximum atomic E-state index is 12.0. The minimum absolute atomic E-state index is 0.116. The highest BCUT2D eigenvalue weighted by Crippen LogP contribution is 2.17. The predicted molar refractivity (Wildman–Crippen MR) is 95.5 cm³/mol. The van der Waals surface area contributed by atoms with Gasteiger partial charge in [-0.3, -0.25) is 14.9 Å². The maximum Gasteiger partial charge on any atom is 0.293 e. The molecule has 0 saturated carbocycles. The Morgan fingerprint density at radius 3 is 2.72 bits per heavy atom. The van der Waals surface area contributed by atoms with Gasteiger partial charge in [0, 0.05) is 11.9 Å². The molecule has 2 aromatic heterocycles. The lowest BCUT2D eigenvalue weighted by Gasteiger charge is -2.04. The zero-order chi connectivity index (χ0) is 17.6. The Kier molecular flexibility index (Phi) is 5.25. The quantitative estimate of drug-likeness (QED) is 0.711. The summed E-state index contributed by atoms with van der Waals surface area (Å²) in [7, 11) is 0. The number of furan rings is 1. The lowest BCUT2D eigenvalue weighted by Crippen LogP contribution is -2.24. The average molecular weight is 355 g/mol. The molecule has 1 aromatic carbocycles. The van der Waals surface area contributed by atoms with Gasteiger partial charge in [-0.25, -0.2) is 4.98 Å². The third-order valence-corrected chi connectivity index (χ3v) is 4.28. The first kappa shape index (κ1) is 16.9. The Morgan fingerprint density at radius 1 is 1.20 bits per heavy atom. The number of hydrogen-bond donors (Lipinski definition) is 2. The molecule has 0 fully saturated rings. The van der Waals surface area contributed by atoms with Gasteiger partial charge in [0.15, 0.2) is 10.9 Å². The summed E-state index contributed by atoms with van der Waals surface area (Å²) >= 11 is 1.27. The van der Waals surface area contributed by atoms with Crippen molar-refractivity contribution < 1.29 is 14.0 Å². The second-order valence-electron chi connectivity index (χ2n) is 5.51. The molecule has 128 valence electrons. The number of benzene rings is 1. The number of aromatic nitrogens is 1. The van der Waals surface area contributed by atoms with Crippen LogP contribution >= 0.6 is 11.3 Å². The van der Waals surface area contributed by atoms with Gasteiger partial charge in [0.25, 0.3) is 5.91 Å². The lowest BCUT2D eigenvalue weighted by molar-refractivity contribution is -0.120. The first-order valence-corrected chi connectivity index (χ1v) is 8.59. The summed E-state index contributed by atoms with van der Waals surface area (Å²) < 4.78 is 5.02. The predicted octanol–water partition coefficient (Wildman–Crippen LogP) is 3.16. The number of thiazole rings is 1. The van der Waals surface area contributed by atoms with Crippen LogP contribution in [0.25, 0.3) is 0 Å². The number of rotatable bonds is 6. The number of amides is 2. The molecule has 0 spiro atoms. The Morgan fingerprint density at radius 2 is 2.00 bits per heavy atom. The van der Waals surface area contributed by atoms with Crippen LogP contribution in [0.4, 0.5) is 5.13 Å². The monoisotopic (exact) mass is 355 g/mol. The molecule has 3 aromatic rings. The van der Waals surface area contributed by atoms with Crippen molar-refractivity contribution in [3.8, 4) is 0 Å². The van der Waals surface area contributed by atoms with E-state index in [1.54, 1.807) is 17.5 Å². The Hall–Kier alpha value is -2.93. The van der Waals surface area contributed by atoms with Crippen molar-refractivity contribution in [1.82, 2.24) is 10.3 Å². The van der Waals surface area contributed by atoms with E-state index in [0.717, 1.165) is 5.56 Å². The van der Waals surface area contributed by atoms with E-state index in [0.29, 0.717) is 17.4 Å². The van der Waals surface area contributed by atoms with Crippen LogP contribution in [0.15, 0.2) is 52.5 Å². The summed E-state index contributed by atoms with van der Waals surface area (Å²) in [5.41, 5.74) is 2.84. The topological polar surface area (TPSA) is 84.2 Å². The van der Waals surface area contributed by atoms with Gasteiger partial charge in [0.05, 0.1) is 18.4 Å². The van der Waals surface area contributed by atoms with Crippen molar-refractivity contribution in [1.29, 1.82) is 0 Å². The summed E-state index contributed by atoms with van der Waals surface area (Å²) in [5, 5.41) is 7.69. The van der Waals surface area contributed by atoms with E-state index in [1.165, 1.54) is 23.2 Å². The number of nitrogens with one attached hydrogen (secondary N) is 2. The van der Waals surface area contributed by atoms with Crippen molar-refractivity contribution in [2.24, 2.45) is 0 Å². The molecule has 0 radical (unpaired) electrons. The van der Waals surface area contributed by atoms with Crippen molar-refractivity contribution >= 4 is 28.3 Å². The van der Waals surface area contributed by atoms with Crippen LogP contribution in [0.5, 0.6) is 0 Å². The second kappa shape index (κ2) is 7.76. The van der Waals surface area contributed by atoms with Gasteiger partial charge >= 0.3 is 0 Å². The molecule has 7 heteroatoms. The summed E-state index contributed by atoms with van der Waals surface area (Å²) in [6.07, 6.45) is 1.60. The van der Waals surface area contributed by atoms with Crippen molar-refractivity contribution in [3.05, 3.63) is 70.6 Å². The first-order chi connectivity index (χ1) is 12.1. The summed E-state index contributed by atoms with van der Waals surface area (Å²) in [5.74, 6) is -0.267. The Labute approximate surface area is 148 Å². The molecule has 0 aliphatic heterocycles. The van der Waals surface area contributed by atoms with Crippen LogP contribution in [0, 0.1) is 6.92 Å². The average Bonchev–Trinajstić information content (AvgIpc) is 3.26. The van der Waals surface area contributed by atoms with Gasteiger partial charge < -0.3 is 9.73 Å². The Balaban J connectivity index is 1.49. The van der Waals surface area contributed by atoms with Gasteiger partial charge in [0.2, 0.25) is 5.91 Å². The molecule has 3 rings (SSSR count). The maximum absolute atomic E-state index is 12.0. The van der Waals surface area contributed by atoms with Crippen molar-refractivity contribution in [3.63, 3.8) is 0 Å². The fourth-order valence-corrected chi connectivity index (χ4v) is 2.85. The molecule has 2 N–H and O–H groups in total. The van der Waals surface area contributed by atoms with Gasteiger partial charge in [-0.15, -0.1) is 11.3 Å². The van der Waals surface area contributed by atoms with Crippen LogP contribution in [-0.4, -0.2) is 16.8 Å². The van der Waals surface area contributed by atoms with Gasteiger partial charge in [-0.1, -0.05) is 29.8 Å². The standard InChI is InChI=1S/C18H17N3O3S/c1-12-4-6-13(7-5-12)10-19-16(22)9-14-11-25-18(20-14)21-17(23)15-3-2-8-24-15/h2-8,11H,9-10H2,1H3,(H,19,22)(H,20,21,23). The third-order valence-electron chi connectivity index (χ3n) is 3.47. The minimum Gasteiger partial charge on any atom is -0.459 e. The molecule has 2 heterocycles. The van der Waals surface area contributed by atoms with Gasteiger partial charge in [-0.2, -0.15) is 0 Å². The molecule has 2 amide bonds. The molecule has 0 bridgehead atoms. The number of carbonyl (C=O) groups is 2. The number of nitrogens with zero attached hydrogens (tertiary/aromatic N) is 1. The van der Waals surface area contributed by atoms with Crippen LogP contribution in [0.3, 0.4) is 0 Å². The highest BCUT2D eigenvalue weighted by molar-refractivity contribution is 7.14. The summed E-state index contributed by atoms with van der Waals surface area (Å²) in [6, 6.07) is 11.2. The van der Waals surface area contributed by atoms with Crippen molar-refractivity contribution in [2.45, 2.75) is 19.9 Å². The zero-order valence-electron chi connectivity index (χ0n) is 13.6. The Bertz CT molecular complexity index is 854. The number of anilines is 1. The normalized spacial score (nSPS) is 10.4. The van der Waals surface area contributed by atoms with Gasteiger partial charge in [-0.05, 0) is 24.6 Å². The van der Waals surface area contributed by atoms with Crippen LogP contribution < -0.4 is 10.6 Å². The summed E-state index contributed by atoms with van der Waals surface area (Å²) in [4.78, 5) is 28.1. The number of hydrogen-bond acceptors (Lipinski definition) is 5.